The highest BCUT2D eigenvalue weighted by atomic mass is 16.5. The van der Waals surface area contributed by atoms with Crippen LogP contribution in [0.25, 0.3) is 0 Å². The third-order valence-electron chi connectivity index (χ3n) is 6.46. The van der Waals surface area contributed by atoms with Gasteiger partial charge in [-0.3, -0.25) is 9.59 Å². The number of aliphatic carboxylic acids is 1. The summed E-state index contributed by atoms with van der Waals surface area (Å²) in [7, 11) is 0. The number of carbonyl (C=O) groups excluding carboxylic acids is 2. The first kappa shape index (κ1) is 28.7. The molecule has 9 heteroatoms. The maximum atomic E-state index is 12.9. The second kappa shape index (κ2) is 12.6. The number of carbonyl (C=O) groups is 3. The second-order valence-corrected chi connectivity index (χ2v) is 10.9. The number of para-hydroxylation sites is 1. The molecule has 0 spiro atoms. The Labute approximate surface area is 223 Å². The molecule has 1 aromatic carbocycles. The first-order valence-corrected chi connectivity index (χ1v) is 12.9. The Balaban J connectivity index is 1.53. The standard InChI is InChI=1S/C29H38N4O5/c1-18(2)14-24(25-16-22(38-33-25)17-29(4,5)27(35)36)31-26(34)15-20-10-12-21(13-11-20)30-28(37)32-23-9-7-6-8-19(23)3/h6-10,12-13,16,18,20,24H,11,14-15,17H2,1-5H3,(H,31,34)(H,35,36)(H2,30,32,37). The highest BCUT2D eigenvalue weighted by molar-refractivity contribution is 5.91. The van der Waals surface area contributed by atoms with Crippen LogP contribution in [0.2, 0.25) is 0 Å². The zero-order valence-electron chi connectivity index (χ0n) is 22.7. The van der Waals surface area contributed by atoms with Crippen LogP contribution in [0, 0.1) is 24.2 Å². The molecule has 0 radical (unpaired) electrons. The van der Waals surface area contributed by atoms with E-state index in [-0.39, 0.29) is 30.3 Å². The van der Waals surface area contributed by atoms with Gasteiger partial charge < -0.3 is 25.6 Å². The minimum absolute atomic E-state index is 0.00362. The van der Waals surface area contributed by atoms with E-state index in [0.29, 0.717) is 42.3 Å². The predicted octanol–water partition coefficient (Wildman–Crippen LogP) is 5.51. The number of nitrogens with zero attached hydrogens (tertiary/aromatic N) is 1. The maximum Gasteiger partial charge on any atom is 0.323 e. The van der Waals surface area contributed by atoms with Gasteiger partial charge >= 0.3 is 12.0 Å². The normalized spacial score (nSPS) is 16.1. The van der Waals surface area contributed by atoms with Crippen molar-refractivity contribution < 1.29 is 24.0 Å². The van der Waals surface area contributed by atoms with Crippen molar-refractivity contribution in [3.8, 4) is 0 Å². The van der Waals surface area contributed by atoms with Gasteiger partial charge in [-0.2, -0.15) is 0 Å². The third-order valence-corrected chi connectivity index (χ3v) is 6.46. The van der Waals surface area contributed by atoms with Gasteiger partial charge in [0.1, 0.15) is 11.5 Å². The molecule has 1 aliphatic rings. The van der Waals surface area contributed by atoms with Gasteiger partial charge in [-0.05, 0) is 63.2 Å². The molecule has 1 aliphatic carbocycles. The van der Waals surface area contributed by atoms with Crippen molar-refractivity contribution in [2.75, 3.05) is 5.32 Å². The number of allylic oxidation sites excluding steroid dienone is 3. The van der Waals surface area contributed by atoms with Crippen LogP contribution in [0.1, 0.15) is 70.0 Å². The number of hydrogen-bond acceptors (Lipinski definition) is 5. The number of carboxylic acid groups (broad SMARTS) is 1. The third kappa shape index (κ3) is 8.33. The van der Waals surface area contributed by atoms with Crippen molar-refractivity contribution >= 4 is 23.6 Å². The van der Waals surface area contributed by atoms with Gasteiger partial charge in [0.2, 0.25) is 5.91 Å². The number of rotatable bonds is 11. The summed E-state index contributed by atoms with van der Waals surface area (Å²) in [6.07, 6.45) is 7.45. The van der Waals surface area contributed by atoms with Crippen molar-refractivity contribution in [3.63, 3.8) is 0 Å². The van der Waals surface area contributed by atoms with Gasteiger partial charge in [-0.15, -0.1) is 0 Å². The number of urea groups is 1. The molecule has 0 saturated heterocycles. The van der Waals surface area contributed by atoms with E-state index in [1.54, 1.807) is 19.9 Å². The Bertz CT molecular complexity index is 1210. The fourth-order valence-electron chi connectivity index (χ4n) is 4.21. The number of aryl methyl sites for hydroxylation is 1. The lowest BCUT2D eigenvalue weighted by Crippen LogP contribution is -2.31. The molecule has 4 N–H and O–H groups in total. The molecule has 0 fully saturated rings. The molecule has 0 bridgehead atoms. The molecule has 0 aliphatic heterocycles. The molecule has 0 saturated carbocycles. The Morgan fingerprint density at radius 2 is 1.92 bits per heavy atom. The highest BCUT2D eigenvalue weighted by Crippen LogP contribution is 2.27. The molecule has 2 aromatic rings. The summed E-state index contributed by atoms with van der Waals surface area (Å²) < 4.78 is 5.41. The molecular formula is C29H38N4O5. The lowest BCUT2D eigenvalue weighted by atomic mass is 9.88. The number of nitrogens with one attached hydrogen (secondary N) is 3. The van der Waals surface area contributed by atoms with Crippen molar-refractivity contribution in [1.82, 2.24) is 15.8 Å². The summed E-state index contributed by atoms with van der Waals surface area (Å²) in [4.78, 5) is 36.7. The van der Waals surface area contributed by atoms with E-state index in [2.05, 4.69) is 35.0 Å². The summed E-state index contributed by atoms with van der Waals surface area (Å²) in [6.45, 7) is 9.32. The Hall–Kier alpha value is -3.88. The molecule has 2 unspecified atom stereocenters. The summed E-state index contributed by atoms with van der Waals surface area (Å²) in [5.74, 6) is -0.246. The number of amides is 3. The van der Waals surface area contributed by atoms with E-state index in [4.69, 9.17) is 4.52 Å². The van der Waals surface area contributed by atoms with Gasteiger partial charge in [0.25, 0.3) is 0 Å². The van der Waals surface area contributed by atoms with E-state index in [1.165, 1.54) is 0 Å². The molecule has 38 heavy (non-hydrogen) atoms. The Morgan fingerprint density at radius 1 is 1.18 bits per heavy atom. The van der Waals surface area contributed by atoms with Crippen LogP contribution < -0.4 is 16.0 Å². The maximum absolute atomic E-state index is 12.9. The fraction of sp³-hybridized carbons (Fsp3) is 0.448. The summed E-state index contributed by atoms with van der Waals surface area (Å²) >= 11 is 0. The van der Waals surface area contributed by atoms with Crippen LogP contribution in [0.5, 0.6) is 0 Å². The van der Waals surface area contributed by atoms with Gasteiger partial charge in [0.15, 0.2) is 0 Å². The van der Waals surface area contributed by atoms with Crippen LogP contribution in [0.4, 0.5) is 10.5 Å². The molecule has 2 atom stereocenters. The van der Waals surface area contributed by atoms with Crippen LogP contribution >= 0.6 is 0 Å². The molecule has 3 amide bonds. The number of anilines is 1. The minimum Gasteiger partial charge on any atom is -0.481 e. The zero-order chi connectivity index (χ0) is 27.9. The van der Waals surface area contributed by atoms with E-state index in [0.717, 1.165) is 11.3 Å². The van der Waals surface area contributed by atoms with Crippen molar-refractivity contribution in [2.45, 2.75) is 66.3 Å². The largest absolute Gasteiger partial charge is 0.481 e. The molecular weight excluding hydrogens is 484 g/mol. The first-order valence-electron chi connectivity index (χ1n) is 12.9. The number of carboxylic acids is 1. The highest BCUT2D eigenvalue weighted by Gasteiger charge is 2.30. The lowest BCUT2D eigenvalue weighted by molar-refractivity contribution is -0.147. The minimum atomic E-state index is -0.983. The fourth-order valence-corrected chi connectivity index (χ4v) is 4.21. The van der Waals surface area contributed by atoms with Crippen molar-refractivity contribution in [3.05, 3.63) is 71.3 Å². The molecule has 9 nitrogen and oxygen atoms in total. The quantitative estimate of drug-likeness (QED) is 0.307. The number of benzene rings is 1. The Kier molecular flexibility index (Phi) is 9.50. The average molecular weight is 523 g/mol. The SMILES string of the molecule is Cc1ccccc1NC(=O)NC1=CCC(CC(=O)NC(CC(C)C)c2cc(CC(C)(C)C(=O)O)on2)C=C1. The van der Waals surface area contributed by atoms with Crippen LogP contribution in [-0.4, -0.2) is 28.2 Å². The molecule has 204 valence electrons. The zero-order valence-corrected chi connectivity index (χ0v) is 22.7. The first-order chi connectivity index (χ1) is 17.9. The van der Waals surface area contributed by atoms with E-state index >= 15 is 0 Å². The average Bonchev–Trinajstić information content (AvgIpc) is 3.29. The topological polar surface area (TPSA) is 134 Å². The second-order valence-electron chi connectivity index (χ2n) is 10.9. The van der Waals surface area contributed by atoms with Gasteiger partial charge in [-0.1, -0.05) is 49.4 Å². The molecule has 1 heterocycles. The molecule has 3 rings (SSSR count). The summed E-state index contributed by atoms with van der Waals surface area (Å²) in [5.41, 5.74) is 2.02. The van der Waals surface area contributed by atoms with Crippen molar-refractivity contribution in [2.24, 2.45) is 17.3 Å². The number of aromatic nitrogens is 1. The van der Waals surface area contributed by atoms with Crippen molar-refractivity contribution in [1.29, 1.82) is 0 Å². The number of hydrogen-bond donors (Lipinski definition) is 4. The molecule has 1 aromatic heterocycles. The monoisotopic (exact) mass is 522 g/mol. The summed E-state index contributed by atoms with van der Waals surface area (Å²) in [6, 6.07) is 8.64. The van der Waals surface area contributed by atoms with Crippen LogP contribution in [-0.2, 0) is 16.0 Å². The summed E-state index contributed by atoms with van der Waals surface area (Å²) in [5, 5.41) is 22.3. The Morgan fingerprint density at radius 3 is 2.55 bits per heavy atom. The lowest BCUT2D eigenvalue weighted by Gasteiger charge is -2.21. The van der Waals surface area contributed by atoms with E-state index in [1.807, 2.05) is 49.4 Å². The van der Waals surface area contributed by atoms with Gasteiger partial charge in [-0.25, -0.2) is 4.79 Å². The van der Waals surface area contributed by atoms with Crippen LogP contribution in [0.15, 0.2) is 58.8 Å². The van der Waals surface area contributed by atoms with Gasteiger partial charge in [0.05, 0.1) is 11.5 Å². The smallest absolute Gasteiger partial charge is 0.323 e. The predicted molar refractivity (Wildman–Crippen MR) is 145 cm³/mol. The van der Waals surface area contributed by atoms with Crippen LogP contribution in [0.3, 0.4) is 0 Å². The van der Waals surface area contributed by atoms with Gasteiger partial charge in [0, 0.05) is 30.3 Å². The van der Waals surface area contributed by atoms with E-state index < -0.39 is 11.4 Å². The van der Waals surface area contributed by atoms with E-state index in [9.17, 15) is 19.5 Å².